The van der Waals surface area contributed by atoms with Gasteiger partial charge in [0, 0.05) is 32.3 Å². The number of nitrogens with zero attached hydrogens (tertiary/aromatic N) is 2. The number of piperidine rings is 1. The van der Waals surface area contributed by atoms with Gasteiger partial charge in [-0.05, 0) is 48.9 Å². The van der Waals surface area contributed by atoms with Crippen LogP contribution in [0.25, 0.3) is 0 Å². The van der Waals surface area contributed by atoms with Gasteiger partial charge in [0.1, 0.15) is 11.6 Å². The largest absolute Gasteiger partial charge is 0.496 e. The van der Waals surface area contributed by atoms with Gasteiger partial charge in [-0.3, -0.25) is 4.79 Å². The Morgan fingerprint density at radius 2 is 2.12 bits per heavy atom. The van der Waals surface area contributed by atoms with Crippen molar-refractivity contribution in [1.29, 1.82) is 0 Å². The number of hydrogen-bond donors (Lipinski definition) is 1. The minimum atomic E-state index is 0.103. The van der Waals surface area contributed by atoms with E-state index in [1.54, 1.807) is 7.11 Å². The molecule has 1 atom stereocenters. The van der Waals surface area contributed by atoms with E-state index in [0.29, 0.717) is 18.8 Å². The van der Waals surface area contributed by atoms with Gasteiger partial charge < -0.3 is 15.0 Å². The fourth-order valence-corrected chi connectivity index (χ4v) is 3.48. The molecule has 3 rings (SSSR count). The number of para-hydroxylation sites is 1. The third-order valence-corrected chi connectivity index (χ3v) is 4.89. The first-order valence-electron chi connectivity index (χ1n) is 9.31. The molecular formula is C21H27N3O2. The van der Waals surface area contributed by atoms with E-state index in [4.69, 9.17) is 4.74 Å². The summed E-state index contributed by atoms with van der Waals surface area (Å²) in [6, 6.07) is 13.9. The Kier molecular flexibility index (Phi) is 6.47. The van der Waals surface area contributed by atoms with Crippen molar-refractivity contribution in [2.45, 2.75) is 25.7 Å². The molecule has 0 bridgehead atoms. The average Bonchev–Trinajstić information content (AvgIpc) is 2.71. The summed E-state index contributed by atoms with van der Waals surface area (Å²) in [5.41, 5.74) is 1.07. The van der Waals surface area contributed by atoms with Crippen LogP contribution in [-0.2, 0) is 11.2 Å². The van der Waals surface area contributed by atoms with Crippen molar-refractivity contribution in [3.05, 3.63) is 54.2 Å². The molecule has 5 heteroatoms. The molecule has 1 aliphatic rings. The summed E-state index contributed by atoms with van der Waals surface area (Å²) in [4.78, 5) is 19.0. The molecule has 1 saturated heterocycles. The van der Waals surface area contributed by atoms with Crippen molar-refractivity contribution in [3.8, 4) is 5.75 Å². The van der Waals surface area contributed by atoms with Gasteiger partial charge in [-0.25, -0.2) is 4.98 Å². The van der Waals surface area contributed by atoms with E-state index in [1.807, 2.05) is 48.7 Å². The normalized spacial score (nSPS) is 17.0. The van der Waals surface area contributed by atoms with Crippen LogP contribution in [0.4, 0.5) is 5.82 Å². The van der Waals surface area contributed by atoms with Crippen molar-refractivity contribution in [1.82, 2.24) is 10.3 Å². The number of aryl methyl sites for hydroxylation is 1. The average molecular weight is 353 g/mol. The second-order valence-corrected chi connectivity index (χ2v) is 6.76. The number of nitrogens with one attached hydrogen (secondary N) is 1. The fourth-order valence-electron chi connectivity index (χ4n) is 3.48. The molecule has 138 valence electrons. The summed E-state index contributed by atoms with van der Waals surface area (Å²) >= 11 is 0. The highest BCUT2D eigenvalue weighted by Crippen LogP contribution is 2.21. The zero-order chi connectivity index (χ0) is 18.2. The molecule has 1 aromatic carbocycles. The van der Waals surface area contributed by atoms with Crippen molar-refractivity contribution in [2.75, 3.05) is 31.6 Å². The van der Waals surface area contributed by atoms with Gasteiger partial charge in [0.2, 0.25) is 5.91 Å². The van der Waals surface area contributed by atoms with Crippen LogP contribution in [0, 0.1) is 5.92 Å². The lowest BCUT2D eigenvalue weighted by atomic mass is 9.98. The summed E-state index contributed by atoms with van der Waals surface area (Å²) in [5, 5.41) is 3.11. The maximum absolute atomic E-state index is 12.2. The van der Waals surface area contributed by atoms with E-state index >= 15 is 0 Å². The van der Waals surface area contributed by atoms with Crippen LogP contribution < -0.4 is 15.0 Å². The van der Waals surface area contributed by atoms with Crippen LogP contribution in [0.1, 0.15) is 24.8 Å². The summed E-state index contributed by atoms with van der Waals surface area (Å²) < 4.78 is 5.34. The van der Waals surface area contributed by atoms with Crippen LogP contribution >= 0.6 is 0 Å². The Labute approximate surface area is 155 Å². The smallest absolute Gasteiger partial charge is 0.220 e. The first-order chi connectivity index (χ1) is 12.8. The molecule has 0 radical (unpaired) electrons. The zero-order valence-corrected chi connectivity index (χ0v) is 15.4. The molecule has 1 N–H and O–H groups in total. The number of carbonyl (C=O) groups excluding carboxylic acids is 1. The molecule has 1 aliphatic heterocycles. The van der Waals surface area contributed by atoms with Gasteiger partial charge in [-0.15, -0.1) is 0 Å². The zero-order valence-electron chi connectivity index (χ0n) is 15.4. The number of benzene rings is 1. The van der Waals surface area contributed by atoms with Crippen LogP contribution in [0.5, 0.6) is 5.75 Å². The van der Waals surface area contributed by atoms with E-state index < -0.39 is 0 Å². The summed E-state index contributed by atoms with van der Waals surface area (Å²) in [7, 11) is 1.66. The molecule has 1 aromatic heterocycles. The lowest BCUT2D eigenvalue weighted by Crippen LogP contribution is -2.41. The van der Waals surface area contributed by atoms with E-state index in [0.717, 1.165) is 49.6 Å². The van der Waals surface area contributed by atoms with Crippen molar-refractivity contribution in [3.63, 3.8) is 0 Å². The maximum atomic E-state index is 12.2. The molecule has 0 aliphatic carbocycles. The molecule has 1 unspecified atom stereocenters. The highest BCUT2D eigenvalue weighted by Gasteiger charge is 2.21. The fraction of sp³-hybridized carbons (Fsp3) is 0.429. The van der Waals surface area contributed by atoms with Gasteiger partial charge in [-0.1, -0.05) is 24.3 Å². The number of methoxy groups -OCH3 is 1. The first kappa shape index (κ1) is 18.2. The third kappa shape index (κ3) is 4.97. The quantitative estimate of drug-likeness (QED) is 0.831. The molecule has 26 heavy (non-hydrogen) atoms. The first-order valence-corrected chi connectivity index (χ1v) is 9.31. The summed E-state index contributed by atoms with van der Waals surface area (Å²) in [5.74, 6) is 2.45. The molecule has 2 aromatic rings. The second-order valence-electron chi connectivity index (χ2n) is 6.76. The van der Waals surface area contributed by atoms with Crippen LogP contribution in [0.2, 0.25) is 0 Å². The highest BCUT2D eigenvalue weighted by atomic mass is 16.5. The lowest BCUT2D eigenvalue weighted by Gasteiger charge is -2.33. The van der Waals surface area contributed by atoms with E-state index in [2.05, 4.69) is 15.2 Å². The number of hydrogen-bond acceptors (Lipinski definition) is 4. The molecule has 1 amide bonds. The number of amides is 1. The van der Waals surface area contributed by atoms with E-state index in [1.165, 1.54) is 0 Å². The predicted octanol–water partition coefficient (Wildman–Crippen LogP) is 3.06. The number of pyridine rings is 1. The van der Waals surface area contributed by atoms with Gasteiger partial charge in [0.05, 0.1) is 7.11 Å². The molecule has 5 nitrogen and oxygen atoms in total. The monoisotopic (exact) mass is 353 g/mol. The number of anilines is 1. The number of carbonyl (C=O) groups is 1. The maximum Gasteiger partial charge on any atom is 0.220 e. The van der Waals surface area contributed by atoms with Crippen LogP contribution in [0.15, 0.2) is 48.7 Å². The Balaban J connectivity index is 1.44. The Morgan fingerprint density at radius 3 is 2.92 bits per heavy atom. The number of aromatic nitrogens is 1. The summed E-state index contributed by atoms with van der Waals surface area (Å²) in [6.07, 6.45) is 5.30. The van der Waals surface area contributed by atoms with E-state index in [9.17, 15) is 4.79 Å². The Hall–Kier alpha value is -2.56. The topological polar surface area (TPSA) is 54.5 Å². The van der Waals surface area contributed by atoms with Crippen molar-refractivity contribution < 1.29 is 9.53 Å². The SMILES string of the molecule is COc1ccccc1CCC(=O)NCC1CCCN(c2ccccn2)C1. The predicted molar refractivity (Wildman–Crippen MR) is 103 cm³/mol. The molecule has 2 heterocycles. The number of rotatable bonds is 7. The van der Waals surface area contributed by atoms with Crippen molar-refractivity contribution >= 4 is 11.7 Å². The van der Waals surface area contributed by atoms with Gasteiger partial charge >= 0.3 is 0 Å². The highest BCUT2D eigenvalue weighted by molar-refractivity contribution is 5.76. The van der Waals surface area contributed by atoms with E-state index in [-0.39, 0.29) is 5.91 Å². The Morgan fingerprint density at radius 1 is 1.27 bits per heavy atom. The molecule has 0 spiro atoms. The van der Waals surface area contributed by atoms with Crippen LogP contribution in [0.3, 0.4) is 0 Å². The molecular weight excluding hydrogens is 326 g/mol. The van der Waals surface area contributed by atoms with Gasteiger partial charge in [0.25, 0.3) is 0 Å². The minimum absolute atomic E-state index is 0.103. The standard InChI is InChI=1S/C21H27N3O2/c1-26-19-9-3-2-8-18(19)11-12-21(25)23-15-17-7-6-14-24(16-17)20-10-4-5-13-22-20/h2-5,8-10,13,17H,6-7,11-12,14-16H2,1H3,(H,23,25). The lowest BCUT2D eigenvalue weighted by molar-refractivity contribution is -0.121. The third-order valence-electron chi connectivity index (χ3n) is 4.89. The number of ether oxygens (including phenoxy) is 1. The van der Waals surface area contributed by atoms with Gasteiger partial charge in [-0.2, -0.15) is 0 Å². The molecule has 1 fully saturated rings. The van der Waals surface area contributed by atoms with Crippen molar-refractivity contribution in [2.24, 2.45) is 5.92 Å². The van der Waals surface area contributed by atoms with Gasteiger partial charge in [0.15, 0.2) is 0 Å². The minimum Gasteiger partial charge on any atom is -0.496 e. The Bertz CT molecular complexity index is 705. The summed E-state index contributed by atoms with van der Waals surface area (Å²) in [6.45, 7) is 2.72. The molecule has 0 saturated carbocycles. The van der Waals surface area contributed by atoms with Crippen LogP contribution in [-0.4, -0.2) is 37.6 Å². The second kappa shape index (κ2) is 9.22.